The first-order valence-corrected chi connectivity index (χ1v) is 9.38. The summed E-state index contributed by atoms with van der Waals surface area (Å²) < 4.78 is 39.5. The summed E-state index contributed by atoms with van der Waals surface area (Å²) in [6.45, 7) is 1.56. The molecule has 0 amide bonds. The van der Waals surface area contributed by atoms with Crippen LogP contribution in [0.5, 0.6) is 0 Å². The number of alkyl halides is 1. The van der Waals surface area contributed by atoms with Crippen molar-refractivity contribution in [2.75, 3.05) is 0 Å². The molecule has 0 aromatic heterocycles. The number of hydrogen-bond donors (Lipinski definition) is 0. The summed E-state index contributed by atoms with van der Waals surface area (Å²) in [6.07, 6.45) is 1.70. The van der Waals surface area contributed by atoms with Gasteiger partial charge in [-0.25, -0.2) is 13.2 Å². The first-order valence-electron chi connectivity index (χ1n) is 9.38. The Morgan fingerprint density at radius 2 is 1.59 bits per heavy atom. The van der Waals surface area contributed by atoms with E-state index in [4.69, 9.17) is 0 Å². The maximum atomic E-state index is 13.3. The van der Waals surface area contributed by atoms with Gasteiger partial charge in [0, 0.05) is 11.1 Å². The van der Waals surface area contributed by atoms with Crippen LogP contribution in [0.1, 0.15) is 35.6 Å². The number of hydrogen-bond acceptors (Lipinski definition) is 2. The lowest BCUT2D eigenvalue weighted by atomic mass is 9.99. The van der Waals surface area contributed by atoms with Crippen molar-refractivity contribution in [3.8, 4) is 0 Å². The molecule has 3 rings (SSSR count). The fourth-order valence-electron chi connectivity index (χ4n) is 2.82. The summed E-state index contributed by atoms with van der Waals surface area (Å²) in [5.41, 5.74) is 3.84. The second-order valence-electron chi connectivity index (χ2n) is 6.75. The molecule has 148 valence electrons. The normalized spacial score (nSPS) is 13.0. The van der Waals surface area contributed by atoms with Gasteiger partial charge in [0.05, 0.1) is 12.4 Å². The van der Waals surface area contributed by atoms with Gasteiger partial charge in [0.25, 0.3) is 0 Å². The van der Waals surface area contributed by atoms with Crippen molar-refractivity contribution in [1.29, 1.82) is 0 Å². The van der Waals surface area contributed by atoms with Gasteiger partial charge >= 0.3 is 0 Å². The van der Waals surface area contributed by atoms with Crippen molar-refractivity contribution in [3.63, 3.8) is 0 Å². The number of halogens is 3. The largest absolute Gasteiger partial charge is 0.248 e. The molecule has 0 saturated heterocycles. The fraction of sp³-hybridized carbons (Fsp3) is 0.167. The van der Waals surface area contributed by atoms with Crippen molar-refractivity contribution in [1.82, 2.24) is 0 Å². The van der Waals surface area contributed by atoms with E-state index in [0.29, 0.717) is 24.1 Å². The summed E-state index contributed by atoms with van der Waals surface area (Å²) in [5, 5.41) is 8.40. The predicted molar refractivity (Wildman–Crippen MR) is 111 cm³/mol. The molecule has 0 fully saturated rings. The van der Waals surface area contributed by atoms with Crippen LogP contribution in [-0.2, 0) is 6.42 Å². The molecule has 0 aliphatic heterocycles. The summed E-state index contributed by atoms with van der Waals surface area (Å²) >= 11 is 0. The molecule has 0 radical (unpaired) electrons. The minimum absolute atomic E-state index is 0.413. The molecule has 3 aromatic carbocycles. The van der Waals surface area contributed by atoms with E-state index in [2.05, 4.69) is 10.2 Å². The van der Waals surface area contributed by atoms with E-state index in [0.717, 1.165) is 28.8 Å². The van der Waals surface area contributed by atoms with Crippen LogP contribution in [0.2, 0.25) is 0 Å². The lowest BCUT2D eigenvalue weighted by molar-refractivity contribution is 0.341. The van der Waals surface area contributed by atoms with Gasteiger partial charge in [0.15, 0.2) is 11.6 Å². The Hall–Kier alpha value is -3.21. The minimum atomic E-state index is -0.931. The van der Waals surface area contributed by atoms with E-state index in [1.807, 2.05) is 54.6 Å². The van der Waals surface area contributed by atoms with Crippen molar-refractivity contribution >= 4 is 11.9 Å². The molecule has 0 N–H and O–H groups in total. The maximum Gasteiger partial charge on any atom is 0.159 e. The molecular weight excluding hydrogens is 373 g/mol. The lowest BCUT2D eigenvalue weighted by Crippen LogP contribution is -2.03. The van der Waals surface area contributed by atoms with Crippen LogP contribution in [0.4, 0.5) is 13.2 Å². The number of benzene rings is 3. The Morgan fingerprint density at radius 3 is 2.24 bits per heavy atom. The molecule has 0 bridgehead atoms. The van der Waals surface area contributed by atoms with E-state index < -0.39 is 17.8 Å². The molecule has 0 saturated carbocycles. The first kappa shape index (κ1) is 20.5. The van der Waals surface area contributed by atoms with Gasteiger partial charge in [0.1, 0.15) is 5.71 Å². The Labute approximate surface area is 168 Å². The molecule has 0 aliphatic carbocycles. The van der Waals surface area contributed by atoms with Crippen LogP contribution >= 0.6 is 0 Å². The number of aryl methyl sites for hydroxylation is 1. The van der Waals surface area contributed by atoms with E-state index in [1.165, 1.54) is 12.3 Å². The van der Waals surface area contributed by atoms with Crippen molar-refractivity contribution in [2.24, 2.45) is 10.2 Å². The highest BCUT2D eigenvalue weighted by Crippen LogP contribution is 2.15. The van der Waals surface area contributed by atoms with Crippen LogP contribution < -0.4 is 0 Å². The molecule has 2 nitrogen and oxygen atoms in total. The average molecular weight is 394 g/mol. The Kier molecular flexibility index (Phi) is 6.95. The molecule has 3 aromatic rings. The van der Waals surface area contributed by atoms with E-state index >= 15 is 0 Å². The zero-order valence-electron chi connectivity index (χ0n) is 16.0. The van der Waals surface area contributed by atoms with Gasteiger partial charge < -0.3 is 0 Å². The van der Waals surface area contributed by atoms with Gasteiger partial charge in [0.2, 0.25) is 0 Å². The molecule has 0 aliphatic rings. The first-order chi connectivity index (χ1) is 14.0. The SMILES string of the molecule is CC(F)CCc1ccc(C(=NN=Cc2ccc(F)c(F)c2)c2ccccc2)cc1. The van der Waals surface area contributed by atoms with Gasteiger partial charge in [-0.3, -0.25) is 0 Å². The summed E-state index contributed by atoms with van der Waals surface area (Å²) in [6, 6.07) is 20.9. The maximum absolute atomic E-state index is 13.3. The monoisotopic (exact) mass is 394 g/mol. The summed E-state index contributed by atoms with van der Waals surface area (Å²) in [7, 11) is 0. The van der Waals surface area contributed by atoms with E-state index in [-0.39, 0.29) is 0 Å². The Balaban J connectivity index is 1.88. The van der Waals surface area contributed by atoms with Crippen LogP contribution in [0.3, 0.4) is 0 Å². The molecular formula is C24H21F3N2. The highest BCUT2D eigenvalue weighted by Gasteiger charge is 2.08. The topological polar surface area (TPSA) is 24.7 Å². The van der Waals surface area contributed by atoms with Gasteiger partial charge in [-0.2, -0.15) is 5.10 Å². The second kappa shape index (κ2) is 9.82. The summed E-state index contributed by atoms with van der Waals surface area (Å²) in [5.74, 6) is -1.84. The van der Waals surface area contributed by atoms with Crippen LogP contribution in [0.25, 0.3) is 0 Å². The van der Waals surface area contributed by atoms with E-state index in [1.54, 1.807) is 6.92 Å². The van der Waals surface area contributed by atoms with Crippen molar-refractivity contribution in [2.45, 2.75) is 25.9 Å². The average Bonchev–Trinajstić information content (AvgIpc) is 2.73. The third kappa shape index (κ3) is 5.88. The lowest BCUT2D eigenvalue weighted by Gasteiger charge is -2.08. The van der Waals surface area contributed by atoms with Gasteiger partial charge in [-0.15, -0.1) is 5.10 Å². The predicted octanol–water partition coefficient (Wildman–Crippen LogP) is 6.13. The van der Waals surface area contributed by atoms with Crippen molar-refractivity contribution < 1.29 is 13.2 Å². The second-order valence-corrected chi connectivity index (χ2v) is 6.75. The molecule has 29 heavy (non-hydrogen) atoms. The third-order valence-electron chi connectivity index (χ3n) is 4.41. The minimum Gasteiger partial charge on any atom is -0.248 e. The molecule has 5 heteroatoms. The number of nitrogens with zero attached hydrogens (tertiary/aromatic N) is 2. The molecule has 1 atom stereocenters. The smallest absolute Gasteiger partial charge is 0.159 e. The van der Waals surface area contributed by atoms with Crippen LogP contribution in [0, 0.1) is 11.6 Å². The number of rotatable bonds is 7. The quantitative estimate of drug-likeness (QED) is 0.340. The third-order valence-corrected chi connectivity index (χ3v) is 4.41. The highest BCUT2D eigenvalue weighted by atomic mass is 19.2. The zero-order chi connectivity index (χ0) is 20.6. The Morgan fingerprint density at radius 1 is 0.897 bits per heavy atom. The van der Waals surface area contributed by atoms with Crippen molar-refractivity contribution in [3.05, 3.63) is 107 Å². The van der Waals surface area contributed by atoms with Crippen LogP contribution in [0.15, 0.2) is 83.0 Å². The molecule has 0 heterocycles. The highest BCUT2D eigenvalue weighted by molar-refractivity contribution is 6.13. The fourth-order valence-corrected chi connectivity index (χ4v) is 2.82. The van der Waals surface area contributed by atoms with Gasteiger partial charge in [-0.05, 0) is 43.0 Å². The molecule has 0 spiro atoms. The van der Waals surface area contributed by atoms with Gasteiger partial charge in [-0.1, -0.05) is 60.7 Å². The van der Waals surface area contributed by atoms with Crippen LogP contribution in [-0.4, -0.2) is 18.1 Å². The standard InChI is InChI=1S/C24H21F3N2/c1-17(25)7-8-18-9-12-21(13-10-18)24(20-5-3-2-4-6-20)29-28-16-19-11-14-22(26)23(27)15-19/h2-6,9-17H,7-8H2,1H3. The Bertz CT molecular complexity index is 994. The molecule has 1 unspecified atom stereocenters. The summed E-state index contributed by atoms with van der Waals surface area (Å²) in [4.78, 5) is 0. The van der Waals surface area contributed by atoms with E-state index in [9.17, 15) is 13.2 Å². The zero-order valence-corrected chi connectivity index (χ0v) is 16.0.